The van der Waals surface area contributed by atoms with Crippen LogP contribution in [0.5, 0.6) is 0 Å². The average molecular weight is 541 g/mol. The fraction of sp³-hybridized carbons (Fsp3) is 0.500. The van der Waals surface area contributed by atoms with Gasteiger partial charge in [-0.2, -0.15) is 0 Å². The molecule has 0 amide bonds. The van der Waals surface area contributed by atoms with Crippen LogP contribution < -0.4 is 0 Å². The van der Waals surface area contributed by atoms with E-state index >= 15 is 0 Å². The van der Waals surface area contributed by atoms with Gasteiger partial charge >= 0.3 is 0 Å². The largest absolute Gasteiger partial charge is 0.0699 e. The van der Waals surface area contributed by atoms with Gasteiger partial charge in [0.25, 0.3) is 0 Å². The molecule has 6 unspecified atom stereocenters. The molecule has 6 atom stereocenters. The number of fused-ring (bicyclic) bond motifs is 4. The Morgan fingerprint density at radius 2 is 1.21 bits per heavy atom. The average Bonchev–Trinajstić information content (AvgIpc) is 3.50. The minimum atomic E-state index is -0.277. The molecule has 4 bridgehead atoms. The van der Waals surface area contributed by atoms with Crippen molar-refractivity contribution in [1.82, 2.24) is 0 Å². The Morgan fingerprint density at radius 1 is 0.711 bits per heavy atom. The lowest BCUT2D eigenvalue weighted by molar-refractivity contribution is 0.352. The van der Waals surface area contributed by atoms with E-state index in [4.69, 9.17) is 0 Å². The second-order valence-electron chi connectivity index (χ2n) is 14.9. The first-order chi connectivity index (χ1) is 17.7. The van der Waals surface area contributed by atoms with Gasteiger partial charge < -0.3 is 0 Å². The topological polar surface area (TPSA) is 0 Å². The molecule has 200 valence electrons. The molecule has 4 aliphatic heterocycles. The van der Waals surface area contributed by atoms with Crippen LogP contribution in [-0.4, -0.2) is 18.0 Å². The third kappa shape index (κ3) is 3.55. The zero-order valence-electron chi connectivity index (χ0n) is 25.2. The van der Waals surface area contributed by atoms with Gasteiger partial charge in [0.2, 0.25) is 0 Å². The summed E-state index contributed by atoms with van der Waals surface area (Å²) in [5.41, 5.74) is 9.63. The summed E-state index contributed by atoms with van der Waals surface area (Å²) in [5, 5.41) is 5.53. The van der Waals surface area contributed by atoms with Gasteiger partial charge in [0, 0.05) is 16.5 Å². The predicted molar refractivity (Wildman–Crippen MR) is 171 cm³/mol. The van der Waals surface area contributed by atoms with E-state index in [-0.39, 0.29) is 37.5 Å². The van der Waals surface area contributed by atoms with Gasteiger partial charge in [0.1, 0.15) is 0 Å². The minimum absolute atomic E-state index is 0.178. The lowest BCUT2D eigenvalue weighted by Gasteiger charge is -2.45. The summed E-state index contributed by atoms with van der Waals surface area (Å²) in [7, 11) is -0.492. The van der Waals surface area contributed by atoms with Crippen molar-refractivity contribution in [2.24, 2.45) is 27.6 Å². The molecule has 0 radical (unpaired) electrons. The summed E-state index contributed by atoms with van der Waals surface area (Å²) in [6, 6.07) is 22.8. The summed E-state index contributed by atoms with van der Waals surface area (Å²) in [6.45, 7) is 25.3. The van der Waals surface area contributed by atoms with E-state index in [1.165, 1.54) is 23.5 Å². The first kappa shape index (κ1) is 26.7. The third-order valence-electron chi connectivity index (χ3n) is 10.3. The van der Waals surface area contributed by atoms with Gasteiger partial charge in [-0.25, -0.2) is 0 Å². The van der Waals surface area contributed by atoms with Crippen molar-refractivity contribution in [3.05, 3.63) is 93.3 Å². The molecule has 0 spiro atoms. The van der Waals surface area contributed by atoms with Crippen LogP contribution in [0.2, 0.25) is 0 Å². The van der Waals surface area contributed by atoms with Crippen molar-refractivity contribution in [2.75, 3.05) is 12.3 Å². The van der Waals surface area contributed by atoms with E-state index < -0.39 is 0 Å². The Labute approximate surface area is 234 Å². The van der Waals surface area contributed by atoms with Crippen molar-refractivity contribution in [2.45, 2.75) is 74.9 Å². The molecule has 0 aliphatic carbocycles. The molecule has 2 aromatic rings. The highest BCUT2D eigenvalue weighted by Crippen LogP contribution is 2.86. The van der Waals surface area contributed by atoms with Gasteiger partial charge in [-0.3, -0.25) is 0 Å². The zero-order chi connectivity index (χ0) is 27.4. The van der Waals surface area contributed by atoms with Gasteiger partial charge in [-0.05, 0) is 74.2 Å². The van der Waals surface area contributed by atoms with Crippen LogP contribution >= 0.6 is 15.8 Å². The molecule has 38 heavy (non-hydrogen) atoms. The zero-order valence-corrected chi connectivity index (χ0v) is 27.0. The monoisotopic (exact) mass is 540 g/mol. The van der Waals surface area contributed by atoms with Crippen LogP contribution in [0.1, 0.15) is 80.4 Å². The number of hydrogen-bond donors (Lipinski definition) is 0. The molecule has 4 heterocycles. The quantitative estimate of drug-likeness (QED) is 0.340. The van der Waals surface area contributed by atoms with E-state index in [1.54, 1.807) is 22.0 Å². The first-order valence-electron chi connectivity index (χ1n) is 14.6. The highest BCUT2D eigenvalue weighted by atomic mass is 31.1. The smallest absolute Gasteiger partial charge is 0.0191 e. The SMILES string of the molecule is CC1=C(C2C(C)C3(C)CP2C(C(C)(C)C)=C3c2ccccc2)P2CC1(C)C(c1ccccc1)=C2C(C)(C)C. The van der Waals surface area contributed by atoms with Crippen molar-refractivity contribution >= 4 is 27.0 Å². The molecule has 0 saturated carbocycles. The van der Waals surface area contributed by atoms with Crippen LogP contribution in [0.4, 0.5) is 0 Å². The maximum atomic E-state index is 2.63. The third-order valence-corrected chi connectivity index (χ3v) is 17.9. The summed E-state index contributed by atoms with van der Waals surface area (Å²) in [5.74, 6) is 0.687. The predicted octanol–water partition coefficient (Wildman–Crippen LogP) is 11.2. The molecule has 2 aromatic carbocycles. The van der Waals surface area contributed by atoms with Gasteiger partial charge in [-0.15, -0.1) is 0 Å². The fourth-order valence-electron chi connectivity index (χ4n) is 8.50. The van der Waals surface area contributed by atoms with Gasteiger partial charge in [0.05, 0.1) is 0 Å². The summed E-state index contributed by atoms with van der Waals surface area (Å²) in [6.07, 6.45) is 2.71. The Morgan fingerprint density at radius 3 is 1.71 bits per heavy atom. The lowest BCUT2D eigenvalue weighted by Crippen LogP contribution is -2.33. The van der Waals surface area contributed by atoms with Gasteiger partial charge in [-0.1, -0.05) is 144 Å². The first-order valence-corrected chi connectivity index (χ1v) is 17.7. The van der Waals surface area contributed by atoms with Crippen LogP contribution in [0.25, 0.3) is 11.1 Å². The molecule has 0 aromatic heterocycles. The molecule has 0 N–H and O–H groups in total. The maximum absolute atomic E-state index is 2.63. The van der Waals surface area contributed by atoms with Gasteiger partial charge in [0.15, 0.2) is 0 Å². The van der Waals surface area contributed by atoms with Crippen LogP contribution in [0.3, 0.4) is 0 Å². The molecule has 4 aliphatic rings. The standard InChI is InChI=1S/C36H46P2/c1-23-29(37-21-35(23,9)27(31(37)33(3,4)5)25-17-13-11-14-18-25)30-24(2)36(10)22-38(30)32(34(6,7)8)28(36)26-19-15-12-16-20-26/h11-20,23,29H,21-22H2,1-10H3. The highest BCUT2D eigenvalue weighted by Gasteiger charge is 2.64. The van der Waals surface area contributed by atoms with E-state index in [1.807, 2.05) is 10.6 Å². The summed E-state index contributed by atoms with van der Waals surface area (Å²) in [4.78, 5) is 0. The molecule has 0 nitrogen and oxygen atoms in total. The van der Waals surface area contributed by atoms with Crippen LogP contribution in [-0.2, 0) is 0 Å². The highest BCUT2D eigenvalue weighted by molar-refractivity contribution is 7.71. The van der Waals surface area contributed by atoms with Crippen molar-refractivity contribution in [3.63, 3.8) is 0 Å². The molecule has 2 heteroatoms. The Balaban J connectivity index is 1.53. The summed E-state index contributed by atoms with van der Waals surface area (Å²) < 4.78 is 0. The second-order valence-corrected chi connectivity index (χ2v) is 19.2. The van der Waals surface area contributed by atoms with E-state index in [0.29, 0.717) is 5.92 Å². The van der Waals surface area contributed by atoms with Crippen molar-refractivity contribution < 1.29 is 0 Å². The molecular formula is C36H46P2. The molecular weight excluding hydrogens is 494 g/mol. The Bertz CT molecular complexity index is 1380. The van der Waals surface area contributed by atoms with E-state index in [9.17, 15) is 0 Å². The second kappa shape index (κ2) is 8.51. The van der Waals surface area contributed by atoms with Crippen LogP contribution in [0.15, 0.2) is 82.2 Å². The fourth-order valence-corrected chi connectivity index (χ4v) is 18.3. The van der Waals surface area contributed by atoms with E-state index in [0.717, 1.165) is 5.66 Å². The number of allylic oxidation sites excluding steroid dienone is 6. The number of hydrogen-bond acceptors (Lipinski definition) is 0. The number of benzene rings is 2. The Kier molecular flexibility index (Phi) is 5.99. The van der Waals surface area contributed by atoms with E-state index in [2.05, 4.69) is 130 Å². The lowest BCUT2D eigenvalue weighted by atomic mass is 9.67. The van der Waals surface area contributed by atoms with Crippen molar-refractivity contribution in [3.8, 4) is 0 Å². The summed E-state index contributed by atoms with van der Waals surface area (Å²) >= 11 is 0. The normalized spacial score (nSPS) is 34.8. The van der Waals surface area contributed by atoms with Crippen LogP contribution in [0, 0.1) is 27.6 Å². The minimum Gasteiger partial charge on any atom is -0.0699 e. The number of rotatable bonds is 3. The maximum Gasteiger partial charge on any atom is 0.0191 e. The molecule has 6 rings (SSSR count). The Hall–Kier alpha value is -1.48. The molecule has 1 saturated heterocycles. The molecule has 1 fully saturated rings. The van der Waals surface area contributed by atoms with Crippen molar-refractivity contribution in [1.29, 1.82) is 0 Å².